The van der Waals surface area contributed by atoms with Gasteiger partial charge in [-0.05, 0) is 53.5 Å². The largest absolute Gasteiger partial charge is 0.481 e. The minimum absolute atomic E-state index is 0.359. The first-order valence-electron chi connectivity index (χ1n) is 5.40. The van der Waals surface area contributed by atoms with Crippen LogP contribution in [-0.4, -0.2) is 22.7 Å². The van der Waals surface area contributed by atoms with E-state index in [0.29, 0.717) is 5.75 Å². The number of carbonyl (C=O) groups is 1. The van der Waals surface area contributed by atoms with Gasteiger partial charge in [0, 0.05) is 11.1 Å². The van der Waals surface area contributed by atoms with Gasteiger partial charge in [0.25, 0.3) is 0 Å². The zero-order valence-corrected chi connectivity index (χ0v) is 11.6. The van der Waals surface area contributed by atoms with E-state index >= 15 is 0 Å². The van der Waals surface area contributed by atoms with Crippen LogP contribution in [0.3, 0.4) is 0 Å². The summed E-state index contributed by atoms with van der Waals surface area (Å²) in [5.74, 6) is -0.487. The Kier molecular flexibility index (Phi) is 3.52. The van der Waals surface area contributed by atoms with Crippen molar-refractivity contribution in [2.75, 3.05) is 6.61 Å². The van der Waals surface area contributed by atoms with Crippen molar-refractivity contribution < 1.29 is 14.6 Å². The molecular formula is C13H12BrNO3. The number of pyridine rings is 1. The first kappa shape index (κ1) is 12.8. The first-order chi connectivity index (χ1) is 8.49. The van der Waals surface area contributed by atoms with Crippen molar-refractivity contribution in [2.45, 2.75) is 13.8 Å². The lowest BCUT2D eigenvalue weighted by Gasteiger charge is -2.10. The number of hydrogen-bond acceptors (Lipinski definition) is 3. The number of aryl methyl sites for hydroxylation is 2. The van der Waals surface area contributed by atoms with E-state index in [-0.39, 0.29) is 6.61 Å². The summed E-state index contributed by atoms with van der Waals surface area (Å²) < 4.78 is 5.96. The Labute approximate surface area is 113 Å². The van der Waals surface area contributed by atoms with Crippen LogP contribution in [0.25, 0.3) is 10.9 Å². The molecule has 1 aromatic carbocycles. The molecule has 4 nitrogen and oxygen atoms in total. The zero-order valence-electron chi connectivity index (χ0n) is 10.0. The molecule has 5 heteroatoms. The standard InChI is InChI=1S/C13H12BrNO3/c1-7-5-8(2)15-9-3-4-10(13(14)12(7)9)18-6-11(16)17/h3-5H,6H2,1-2H3,(H,16,17). The van der Waals surface area contributed by atoms with E-state index in [9.17, 15) is 4.79 Å². The Morgan fingerprint density at radius 1 is 1.44 bits per heavy atom. The highest BCUT2D eigenvalue weighted by atomic mass is 79.9. The summed E-state index contributed by atoms with van der Waals surface area (Å²) in [6.07, 6.45) is 0. The third-order valence-electron chi connectivity index (χ3n) is 2.55. The van der Waals surface area contributed by atoms with Crippen LogP contribution >= 0.6 is 15.9 Å². The number of aromatic nitrogens is 1. The van der Waals surface area contributed by atoms with E-state index < -0.39 is 5.97 Å². The lowest BCUT2D eigenvalue weighted by atomic mass is 10.1. The molecule has 0 unspecified atom stereocenters. The van der Waals surface area contributed by atoms with E-state index in [1.54, 1.807) is 6.07 Å². The highest BCUT2D eigenvalue weighted by molar-refractivity contribution is 9.10. The maximum absolute atomic E-state index is 10.5. The van der Waals surface area contributed by atoms with E-state index in [2.05, 4.69) is 20.9 Å². The smallest absolute Gasteiger partial charge is 0.341 e. The molecule has 0 aliphatic carbocycles. The second kappa shape index (κ2) is 4.94. The maximum Gasteiger partial charge on any atom is 0.341 e. The van der Waals surface area contributed by atoms with Crippen LogP contribution in [0.2, 0.25) is 0 Å². The minimum atomic E-state index is -0.999. The Morgan fingerprint density at radius 3 is 2.83 bits per heavy atom. The van der Waals surface area contributed by atoms with Gasteiger partial charge in [-0.15, -0.1) is 0 Å². The van der Waals surface area contributed by atoms with Gasteiger partial charge in [0.1, 0.15) is 5.75 Å². The summed E-state index contributed by atoms with van der Waals surface area (Å²) >= 11 is 3.45. The van der Waals surface area contributed by atoms with Crippen LogP contribution in [0, 0.1) is 13.8 Å². The van der Waals surface area contributed by atoms with Crippen molar-refractivity contribution in [2.24, 2.45) is 0 Å². The molecule has 0 amide bonds. The van der Waals surface area contributed by atoms with Crippen LogP contribution < -0.4 is 4.74 Å². The van der Waals surface area contributed by atoms with Crippen LogP contribution in [0.1, 0.15) is 11.3 Å². The molecule has 0 spiro atoms. The van der Waals surface area contributed by atoms with E-state index in [1.165, 1.54) is 0 Å². The quantitative estimate of drug-likeness (QED) is 0.946. The summed E-state index contributed by atoms with van der Waals surface area (Å²) in [5.41, 5.74) is 2.89. The number of benzene rings is 1. The number of rotatable bonds is 3. The summed E-state index contributed by atoms with van der Waals surface area (Å²) in [6.45, 7) is 3.57. The molecule has 0 saturated carbocycles. The van der Waals surface area contributed by atoms with Gasteiger partial charge in [-0.3, -0.25) is 4.98 Å². The van der Waals surface area contributed by atoms with Crippen molar-refractivity contribution >= 4 is 32.8 Å². The van der Waals surface area contributed by atoms with Crippen molar-refractivity contribution in [3.63, 3.8) is 0 Å². The van der Waals surface area contributed by atoms with E-state index in [4.69, 9.17) is 9.84 Å². The number of carboxylic acid groups (broad SMARTS) is 1. The molecule has 1 heterocycles. The van der Waals surface area contributed by atoms with Gasteiger partial charge in [-0.2, -0.15) is 0 Å². The first-order valence-corrected chi connectivity index (χ1v) is 6.19. The molecule has 18 heavy (non-hydrogen) atoms. The fraction of sp³-hybridized carbons (Fsp3) is 0.231. The molecule has 2 aromatic rings. The van der Waals surface area contributed by atoms with Crippen LogP contribution in [0.15, 0.2) is 22.7 Å². The molecule has 1 aromatic heterocycles. The molecule has 94 valence electrons. The Hall–Kier alpha value is -1.62. The summed E-state index contributed by atoms with van der Waals surface area (Å²) in [6, 6.07) is 5.53. The summed E-state index contributed by atoms with van der Waals surface area (Å²) in [7, 11) is 0. The van der Waals surface area contributed by atoms with Gasteiger partial charge in [0.2, 0.25) is 0 Å². The van der Waals surface area contributed by atoms with Gasteiger partial charge in [0.05, 0.1) is 9.99 Å². The third kappa shape index (κ3) is 2.46. The molecule has 0 aliphatic heterocycles. The molecule has 0 radical (unpaired) electrons. The fourth-order valence-electron chi connectivity index (χ4n) is 1.87. The molecular weight excluding hydrogens is 298 g/mol. The molecule has 0 fully saturated rings. The van der Waals surface area contributed by atoms with Crippen molar-refractivity contribution in [1.29, 1.82) is 0 Å². The van der Waals surface area contributed by atoms with Gasteiger partial charge < -0.3 is 9.84 Å². The maximum atomic E-state index is 10.5. The van der Waals surface area contributed by atoms with Crippen molar-refractivity contribution in [3.05, 3.63) is 33.9 Å². The normalized spacial score (nSPS) is 10.6. The predicted octanol–water partition coefficient (Wildman–Crippen LogP) is 3.08. The Morgan fingerprint density at radius 2 is 2.17 bits per heavy atom. The number of carboxylic acids is 1. The second-order valence-corrected chi connectivity index (χ2v) is 4.83. The van der Waals surface area contributed by atoms with E-state index in [1.807, 2.05) is 26.0 Å². The number of aliphatic carboxylic acids is 1. The van der Waals surface area contributed by atoms with Gasteiger partial charge >= 0.3 is 5.97 Å². The molecule has 1 N–H and O–H groups in total. The lowest BCUT2D eigenvalue weighted by molar-refractivity contribution is -0.139. The Bertz CT molecular complexity index is 625. The SMILES string of the molecule is Cc1cc(C)c2c(Br)c(OCC(=O)O)ccc2n1. The van der Waals surface area contributed by atoms with Crippen molar-refractivity contribution in [1.82, 2.24) is 4.98 Å². The fourth-order valence-corrected chi connectivity index (χ4v) is 2.64. The van der Waals surface area contributed by atoms with Crippen LogP contribution in [0.5, 0.6) is 5.75 Å². The number of ether oxygens (including phenoxy) is 1. The number of fused-ring (bicyclic) bond motifs is 1. The van der Waals surface area contributed by atoms with Crippen molar-refractivity contribution in [3.8, 4) is 5.75 Å². The average Bonchev–Trinajstić information content (AvgIpc) is 2.26. The second-order valence-electron chi connectivity index (χ2n) is 4.03. The molecule has 0 saturated heterocycles. The zero-order chi connectivity index (χ0) is 13.3. The van der Waals surface area contributed by atoms with Crippen LogP contribution in [-0.2, 0) is 4.79 Å². The molecule has 0 atom stereocenters. The number of nitrogens with zero attached hydrogens (tertiary/aromatic N) is 1. The number of hydrogen-bond donors (Lipinski definition) is 1. The Balaban J connectivity index is 2.53. The van der Waals surface area contributed by atoms with E-state index in [0.717, 1.165) is 26.6 Å². The van der Waals surface area contributed by atoms with Gasteiger partial charge in [-0.1, -0.05) is 0 Å². The highest BCUT2D eigenvalue weighted by Gasteiger charge is 2.11. The van der Waals surface area contributed by atoms with Gasteiger partial charge in [-0.25, -0.2) is 4.79 Å². The number of halogens is 1. The monoisotopic (exact) mass is 309 g/mol. The predicted molar refractivity (Wildman–Crippen MR) is 72.0 cm³/mol. The highest BCUT2D eigenvalue weighted by Crippen LogP contribution is 2.34. The molecule has 0 aliphatic rings. The van der Waals surface area contributed by atoms with Crippen LogP contribution in [0.4, 0.5) is 0 Å². The minimum Gasteiger partial charge on any atom is -0.481 e. The summed E-state index contributed by atoms with van der Waals surface area (Å²) in [5, 5.41) is 9.56. The lowest BCUT2D eigenvalue weighted by Crippen LogP contribution is -2.09. The topological polar surface area (TPSA) is 59.4 Å². The van der Waals surface area contributed by atoms with Gasteiger partial charge in [0.15, 0.2) is 6.61 Å². The molecule has 2 rings (SSSR count). The average molecular weight is 310 g/mol. The molecule has 0 bridgehead atoms. The summed E-state index contributed by atoms with van der Waals surface area (Å²) in [4.78, 5) is 14.9. The third-order valence-corrected chi connectivity index (χ3v) is 3.34.